The third-order valence-electron chi connectivity index (χ3n) is 6.03. The number of esters is 1. The molecule has 36 heavy (non-hydrogen) atoms. The molecule has 0 bridgehead atoms. The molecule has 3 amide bonds. The highest BCUT2D eigenvalue weighted by Crippen LogP contribution is 2.17. The van der Waals surface area contributed by atoms with E-state index in [1.165, 1.54) is 0 Å². The third-order valence-corrected chi connectivity index (χ3v) is 6.03. The van der Waals surface area contributed by atoms with Crippen LogP contribution in [0.3, 0.4) is 0 Å². The number of unbranched alkanes of at least 4 members (excludes halogenated alkanes) is 1. The van der Waals surface area contributed by atoms with Crippen molar-refractivity contribution in [2.24, 2.45) is 5.92 Å². The van der Waals surface area contributed by atoms with Crippen molar-refractivity contribution in [2.75, 3.05) is 0 Å². The fourth-order valence-corrected chi connectivity index (χ4v) is 4.01. The first-order valence-electron chi connectivity index (χ1n) is 12.6. The molecule has 2 rings (SSSR count). The lowest BCUT2D eigenvalue weighted by molar-refractivity contribution is -0.151. The summed E-state index contributed by atoms with van der Waals surface area (Å²) < 4.78 is 5.52. The second-order valence-corrected chi connectivity index (χ2v) is 9.38. The molecule has 0 aromatic heterocycles. The zero-order chi connectivity index (χ0) is 26.7. The van der Waals surface area contributed by atoms with Crippen molar-refractivity contribution in [3.05, 3.63) is 48.0 Å². The standard InChI is InChI=1S/C27H39N3O6/c1-5-7-9-14-19-15-22(32)29-25(18-12-10-8-11-13-18)27(35)28-20(6-2)26(34)30-24(17(3)4)21(31)16-23(33)36-19/h8-14,17,19-21,24-25,31H,5-7,15-16H2,1-4H3,(H,28,35)(H,29,32)(H,30,34)/b14-9+/t19-,20-,21+,24-,25-/m1/s1. The summed E-state index contributed by atoms with van der Waals surface area (Å²) in [7, 11) is 0. The Morgan fingerprint density at radius 3 is 2.31 bits per heavy atom. The average molecular weight is 502 g/mol. The number of cyclic esters (lactones) is 1. The molecule has 5 atom stereocenters. The van der Waals surface area contributed by atoms with Crippen LogP contribution < -0.4 is 16.0 Å². The van der Waals surface area contributed by atoms with Gasteiger partial charge >= 0.3 is 5.97 Å². The van der Waals surface area contributed by atoms with E-state index in [9.17, 15) is 24.3 Å². The zero-order valence-electron chi connectivity index (χ0n) is 21.5. The number of benzene rings is 1. The Morgan fingerprint density at radius 1 is 1.00 bits per heavy atom. The molecule has 198 valence electrons. The molecule has 9 nitrogen and oxygen atoms in total. The van der Waals surface area contributed by atoms with Crippen molar-refractivity contribution in [3.8, 4) is 0 Å². The number of aliphatic hydroxyl groups excluding tert-OH is 1. The largest absolute Gasteiger partial charge is 0.457 e. The monoisotopic (exact) mass is 501 g/mol. The maximum absolute atomic E-state index is 13.3. The molecule has 1 heterocycles. The van der Waals surface area contributed by atoms with E-state index in [4.69, 9.17) is 4.74 Å². The highest BCUT2D eigenvalue weighted by molar-refractivity contribution is 5.93. The van der Waals surface area contributed by atoms with Gasteiger partial charge in [0.2, 0.25) is 17.7 Å². The summed E-state index contributed by atoms with van der Waals surface area (Å²) in [4.78, 5) is 51.9. The molecular weight excluding hydrogens is 462 g/mol. The lowest BCUT2D eigenvalue weighted by Crippen LogP contribution is -2.55. The lowest BCUT2D eigenvalue weighted by Gasteiger charge is -2.29. The van der Waals surface area contributed by atoms with E-state index in [0.29, 0.717) is 12.0 Å². The molecule has 0 unspecified atom stereocenters. The minimum atomic E-state index is -1.20. The molecule has 1 fully saturated rings. The summed E-state index contributed by atoms with van der Waals surface area (Å²) in [5.41, 5.74) is 0.550. The number of carbonyl (C=O) groups is 4. The van der Waals surface area contributed by atoms with Gasteiger partial charge in [0, 0.05) is 0 Å². The van der Waals surface area contributed by atoms with Crippen molar-refractivity contribution < 1.29 is 29.0 Å². The number of nitrogens with one attached hydrogen (secondary N) is 3. The van der Waals surface area contributed by atoms with Gasteiger partial charge in [0.25, 0.3) is 0 Å². The van der Waals surface area contributed by atoms with Crippen LogP contribution in [0, 0.1) is 5.92 Å². The van der Waals surface area contributed by atoms with E-state index in [1.54, 1.807) is 43.3 Å². The molecule has 1 aliphatic heterocycles. The SMILES string of the molecule is CCC/C=C/[C@@H]1CC(=O)N[C@H](c2ccccc2)C(=O)N[C@H](CC)C(=O)N[C@H](C(C)C)[C@@H](O)CC(=O)O1. The number of amides is 3. The van der Waals surface area contributed by atoms with Gasteiger partial charge in [0.15, 0.2) is 0 Å². The smallest absolute Gasteiger partial charge is 0.309 e. The van der Waals surface area contributed by atoms with Crippen molar-refractivity contribution in [1.82, 2.24) is 16.0 Å². The number of hydrogen-bond acceptors (Lipinski definition) is 6. The zero-order valence-corrected chi connectivity index (χ0v) is 21.5. The van der Waals surface area contributed by atoms with E-state index >= 15 is 0 Å². The summed E-state index contributed by atoms with van der Waals surface area (Å²) in [6.45, 7) is 7.39. The van der Waals surface area contributed by atoms with E-state index in [2.05, 4.69) is 16.0 Å². The Hall–Kier alpha value is -3.20. The van der Waals surface area contributed by atoms with Crippen LogP contribution in [0.25, 0.3) is 0 Å². The highest BCUT2D eigenvalue weighted by atomic mass is 16.5. The van der Waals surface area contributed by atoms with Crippen LogP contribution in [0.15, 0.2) is 42.5 Å². The summed E-state index contributed by atoms with van der Waals surface area (Å²) >= 11 is 0. The van der Waals surface area contributed by atoms with Crippen LogP contribution in [-0.2, 0) is 23.9 Å². The number of allylic oxidation sites excluding steroid dienone is 1. The topological polar surface area (TPSA) is 134 Å². The highest BCUT2D eigenvalue weighted by Gasteiger charge is 2.33. The minimum Gasteiger partial charge on any atom is -0.457 e. The van der Waals surface area contributed by atoms with Crippen molar-refractivity contribution >= 4 is 23.7 Å². The van der Waals surface area contributed by atoms with Gasteiger partial charge in [-0.05, 0) is 30.4 Å². The fourth-order valence-electron chi connectivity index (χ4n) is 4.01. The maximum atomic E-state index is 13.3. The summed E-state index contributed by atoms with van der Waals surface area (Å²) in [5, 5.41) is 19.0. The van der Waals surface area contributed by atoms with Gasteiger partial charge in [-0.1, -0.05) is 70.5 Å². The predicted octanol–water partition coefficient (Wildman–Crippen LogP) is 2.30. The summed E-state index contributed by atoms with van der Waals surface area (Å²) in [5.74, 6) is -2.39. The molecule has 1 aromatic rings. The van der Waals surface area contributed by atoms with Crippen LogP contribution in [0.5, 0.6) is 0 Å². The van der Waals surface area contributed by atoms with Crippen molar-refractivity contribution in [2.45, 2.75) is 90.1 Å². The molecule has 9 heteroatoms. The van der Waals surface area contributed by atoms with Crippen molar-refractivity contribution in [1.29, 1.82) is 0 Å². The molecule has 4 N–H and O–H groups in total. The van der Waals surface area contributed by atoms with Crippen LogP contribution in [0.4, 0.5) is 0 Å². The number of carbonyl (C=O) groups excluding carboxylic acids is 4. The fraction of sp³-hybridized carbons (Fsp3) is 0.556. The summed E-state index contributed by atoms with van der Waals surface area (Å²) in [6.07, 6.45) is 2.79. The Labute approximate surface area is 213 Å². The second-order valence-electron chi connectivity index (χ2n) is 9.38. The van der Waals surface area contributed by atoms with Gasteiger partial charge in [0.1, 0.15) is 18.2 Å². The van der Waals surface area contributed by atoms with Gasteiger partial charge < -0.3 is 25.8 Å². The average Bonchev–Trinajstić information content (AvgIpc) is 2.83. The van der Waals surface area contributed by atoms with Gasteiger partial charge in [-0.3, -0.25) is 19.2 Å². The van der Waals surface area contributed by atoms with Gasteiger partial charge in [0.05, 0.1) is 25.0 Å². The van der Waals surface area contributed by atoms with Crippen LogP contribution >= 0.6 is 0 Å². The van der Waals surface area contributed by atoms with Gasteiger partial charge in [-0.15, -0.1) is 0 Å². The molecular formula is C27H39N3O6. The molecule has 0 saturated carbocycles. The van der Waals surface area contributed by atoms with Crippen molar-refractivity contribution in [3.63, 3.8) is 0 Å². The van der Waals surface area contributed by atoms with Crippen LogP contribution in [-0.4, -0.2) is 53.1 Å². The van der Waals surface area contributed by atoms with E-state index in [1.807, 2.05) is 26.8 Å². The number of aliphatic hydroxyl groups is 1. The van der Waals surface area contributed by atoms with Crippen LogP contribution in [0.2, 0.25) is 0 Å². The Bertz CT molecular complexity index is 917. The number of hydrogen-bond donors (Lipinski definition) is 4. The minimum absolute atomic E-state index is 0.193. The first-order chi connectivity index (χ1) is 17.2. The maximum Gasteiger partial charge on any atom is 0.309 e. The Balaban J connectivity index is 2.43. The second kappa shape index (κ2) is 14.4. The Morgan fingerprint density at radius 2 is 1.69 bits per heavy atom. The molecule has 0 aliphatic carbocycles. The number of rotatable bonds is 6. The van der Waals surface area contributed by atoms with E-state index in [0.717, 1.165) is 12.8 Å². The quantitative estimate of drug-likeness (QED) is 0.349. The number of ether oxygens (including phenoxy) is 1. The molecule has 1 aromatic carbocycles. The molecule has 0 spiro atoms. The normalized spacial score (nSPS) is 27.0. The van der Waals surface area contributed by atoms with Crippen LogP contribution in [0.1, 0.15) is 71.4 Å². The lowest BCUT2D eigenvalue weighted by atomic mass is 9.95. The van der Waals surface area contributed by atoms with E-state index in [-0.39, 0.29) is 18.8 Å². The molecule has 1 aliphatic rings. The van der Waals surface area contributed by atoms with E-state index < -0.39 is 54.0 Å². The third kappa shape index (κ3) is 8.78. The van der Waals surface area contributed by atoms with Gasteiger partial charge in [-0.25, -0.2) is 0 Å². The summed E-state index contributed by atoms with van der Waals surface area (Å²) in [6, 6.07) is 6.04. The Kier molecular flexibility index (Phi) is 11.6. The first-order valence-corrected chi connectivity index (χ1v) is 12.6. The van der Waals surface area contributed by atoms with Gasteiger partial charge in [-0.2, -0.15) is 0 Å². The predicted molar refractivity (Wildman–Crippen MR) is 135 cm³/mol. The molecule has 1 saturated heterocycles. The first kappa shape index (κ1) is 29.0. The molecule has 0 radical (unpaired) electrons.